The molecule has 0 bridgehead atoms. The predicted octanol–water partition coefficient (Wildman–Crippen LogP) is 2.06. The molecule has 0 aromatic carbocycles. The summed E-state index contributed by atoms with van der Waals surface area (Å²) in [7, 11) is 0. The van der Waals surface area contributed by atoms with Crippen LogP contribution in [0.1, 0.15) is 50.3 Å². The summed E-state index contributed by atoms with van der Waals surface area (Å²) in [5.41, 5.74) is 0.914. The molecule has 128 valence electrons. The summed E-state index contributed by atoms with van der Waals surface area (Å²) in [6, 6.07) is 1.81. The van der Waals surface area contributed by atoms with Crippen molar-refractivity contribution in [1.82, 2.24) is 20.0 Å². The molecule has 2 amide bonds. The molecule has 1 aliphatic rings. The van der Waals surface area contributed by atoms with Gasteiger partial charge in [-0.2, -0.15) is 5.10 Å². The lowest BCUT2D eigenvalue weighted by molar-refractivity contribution is 0.0140. The fourth-order valence-corrected chi connectivity index (χ4v) is 2.45. The summed E-state index contributed by atoms with van der Waals surface area (Å²) in [4.78, 5) is 27.8. The first-order valence-electron chi connectivity index (χ1n) is 8.11. The number of nitrogens with zero attached hydrogens (tertiary/aromatic N) is 3. The van der Waals surface area contributed by atoms with Gasteiger partial charge in [0.1, 0.15) is 11.3 Å². The van der Waals surface area contributed by atoms with E-state index < -0.39 is 5.60 Å². The van der Waals surface area contributed by atoms with E-state index in [1.54, 1.807) is 9.80 Å². The van der Waals surface area contributed by atoms with Gasteiger partial charge in [-0.05, 0) is 33.3 Å². The first kappa shape index (κ1) is 17.3. The monoisotopic (exact) mass is 322 g/mol. The molecule has 0 saturated carbocycles. The first-order valence-corrected chi connectivity index (χ1v) is 8.11. The van der Waals surface area contributed by atoms with E-state index in [-0.39, 0.29) is 12.0 Å². The molecule has 0 aliphatic carbocycles. The highest BCUT2D eigenvalue weighted by molar-refractivity contribution is 5.92. The minimum atomic E-state index is -0.505. The zero-order chi connectivity index (χ0) is 17.0. The predicted molar refractivity (Wildman–Crippen MR) is 86.3 cm³/mol. The Bertz CT molecular complexity index is 554. The number of amides is 2. The molecule has 7 nitrogen and oxygen atoms in total. The van der Waals surface area contributed by atoms with Gasteiger partial charge in [-0.1, -0.05) is 13.3 Å². The van der Waals surface area contributed by atoms with Crippen LogP contribution in [-0.2, 0) is 11.2 Å². The standard InChI is InChI=1S/C16H26N4O3/c1-5-6-12-11-13(18-17-12)14(21)19-7-9-20(10-8-19)15(22)23-16(2,3)4/h11H,5-10H2,1-4H3,(H,17,18). The van der Waals surface area contributed by atoms with Crippen molar-refractivity contribution in [2.45, 2.75) is 46.1 Å². The Morgan fingerprint density at radius 1 is 1.22 bits per heavy atom. The van der Waals surface area contributed by atoms with Gasteiger partial charge in [0.2, 0.25) is 0 Å². The average molecular weight is 322 g/mol. The van der Waals surface area contributed by atoms with Crippen LogP contribution in [0.4, 0.5) is 4.79 Å². The van der Waals surface area contributed by atoms with Gasteiger partial charge in [-0.3, -0.25) is 9.89 Å². The lowest BCUT2D eigenvalue weighted by Gasteiger charge is -2.35. The minimum Gasteiger partial charge on any atom is -0.444 e. The topological polar surface area (TPSA) is 78.5 Å². The van der Waals surface area contributed by atoms with E-state index in [2.05, 4.69) is 17.1 Å². The van der Waals surface area contributed by atoms with Crippen LogP contribution in [0.15, 0.2) is 6.07 Å². The van der Waals surface area contributed by atoms with Gasteiger partial charge in [0.05, 0.1) is 0 Å². The Labute approximate surface area is 137 Å². The lowest BCUT2D eigenvalue weighted by atomic mass is 10.2. The number of hydrogen-bond donors (Lipinski definition) is 1. The molecule has 2 heterocycles. The molecule has 0 spiro atoms. The summed E-state index contributed by atoms with van der Waals surface area (Å²) >= 11 is 0. The van der Waals surface area contributed by atoms with Crippen LogP contribution in [-0.4, -0.2) is 63.8 Å². The quantitative estimate of drug-likeness (QED) is 0.924. The number of rotatable bonds is 3. The molecule has 2 rings (SSSR count). The van der Waals surface area contributed by atoms with Crippen molar-refractivity contribution in [3.05, 3.63) is 17.5 Å². The smallest absolute Gasteiger partial charge is 0.410 e. The Balaban J connectivity index is 1.88. The van der Waals surface area contributed by atoms with Crippen LogP contribution in [0.3, 0.4) is 0 Å². The maximum atomic E-state index is 12.4. The molecule has 1 saturated heterocycles. The van der Waals surface area contributed by atoms with Crippen molar-refractivity contribution in [2.24, 2.45) is 0 Å². The van der Waals surface area contributed by atoms with Gasteiger partial charge in [0, 0.05) is 31.9 Å². The van der Waals surface area contributed by atoms with E-state index in [1.165, 1.54) is 0 Å². The number of ether oxygens (including phenoxy) is 1. The van der Waals surface area contributed by atoms with Crippen LogP contribution < -0.4 is 0 Å². The highest BCUT2D eigenvalue weighted by Gasteiger charge is 2.28. The highest BCUT2D eigenvalue weighted by Crippen LogP contribution is 2.13. The van der Waals surface area contributed by atoms with Crippen LogP contribution in [0.2, 0.25) is 0 Å². The summed E-state index contributed by atoms with van der Waals surface area (Å²) < 4.78 is 5.35. The van der Waals surface area contributed by atoms with Crippen molar-refractivity contribution in [3.8, 4) is 0 Å². The number of nitrogens with one attached hydrogen (secondary N) is 1. The Morgan fingerprint density at radius 3 is 2.39 bits per heavy atom. The maximum Gasteiger partial charge on any atom is 0.410 e. The molecule has 1 aromatic rings. The van der Waals surface area contributed by atoms with Gasteiger partial charge < -0.3 is 14.5 Å². The molecular formula is C16H26N4O3. The van der Waals surface area contributed by atoms with Crippen molar-refractivity contribution in [2.75, 3.05) is 26.2 Å². The third-order valence-corrected chi connectivity index (χ3v) is 3.59. The number of aromatic amines is 1. The normalized spacial score (nSPS) is 15.7. The summed E-state index contributed by atoms with van der Waals surface area (Å²) in [5, 5.41) is 6.99. The highest BCUT2D eigenvalue weighted by atomic mass is 16.6. The summed E-state index contributed by atoms with van der Waals surface area (Å²) in [6.45, 7) is 9.56. The van der Waals surface area contributed by atoms with Crippen LogP contribution in [0, 0.1) is 0 Å². The van der Waals surface area contributed by atoms with Gasteiger partial charge in [-0.15, -0.1) is 0 Å². The zero-order valence-electron chi connectivity index (χ0n) is 14.4. The molecule has 1 aromatic heterocycles. The Kier molecular flexibility index (Phi) is 5.28. The largest absolute Gasteiger partial charge is 0.444 e. The number of carbonyl (C=O) groups is 2. The minimum absolute atomic E-state index is 0.0903. The van der Waals surface area contributed by atoms with E-state index >= 15 is 0 Å². The third kappa shape index (κ3) is 4.71. The van der Waals surface area contributed by atoms with Crippen molar-refractivity contribution >= 4 is 12.0 Å². The number of carbonyl (C=O) groups excluding carboxylic acids is 2. The molecule has 23 heavy (non-hydrogen) atoms. The van der Waals surface area contributed by atoms with Gasteiger partial charge in [0.25, 0.3) is 5.91 Å². The fourth-order valence-electron chi connectivity index (χ4n) is 2.45. The Morgan fingerprint density at radius 2 is 1.83 bits per heavy atom. The van der Waals surface area contributed by atoms with Gasteiger partial charge in [-0.25, -0.2) is 4.79 Å². The van der Waals surface area contributed by atoms with Gasteiger partial charge in [0.15, 0.2) is 0 Å². The first-order chi connectivity index (χ1) is 10.8. The number of aromatic nitrogens is 2. The zero-order valence-corrected chi connectivity index (χ0v) is 14.4. The number of hydrogen-bond acceptors (Lipinski definition) is 4. The van der Waals surface area contributed by atoms with E-state index in [4.69, 9.17) is 4.74 Å². The number of piperazine rings is 1. The number of aryl methyl sites for hydroxylation is 1. The van der Waals surface area contributed by atoms with Crippen LogP contribution in [0.5, 0.6) is 0 Å². The second-order valence-corrected chi connectivity index (χ2v) is 6.79. The molecule has 0 atom stereocenters. The van der Waals surface area contributed by atoms with E-state index in [9.17, 15) is 9.59 Å². The molecule has 7 heteroatoms. The molecule has 1 N–H and O–H groups in total. The summed E-state index contributed by atoms with van der Waals surface area (Å²) in [6.07, 6.45) is 1.56. The lowest BCUT2D eigenvalue weighted by Crippen LogP contribution is -2.51. The molecule has 1 aliphatic heterocycles. The molecule has 0 unspecified atom stereocenters. The number of H-pyrrole nitrogens is 1. The second kappa shape index (κ2) is 7.02. The molecule has 1 fully saturated rings. The maximum absolute atomic E-state index is 12.4. The van der Waals surface area contributed by atoms with Crippen LogP contribution in [0.25, 0.3) is 0 Å². The van der Waals surface area contributed by atoms with E-state index in [0.717, 1.165) is 18.5 Å². The van der Waals surface area contributed by atoms with Gasteiger partial charge >= 0.3 is 6.09 Å². The van der Waals surface area contributed by atoms with E-state index in [1.807, 2.05) is 26.8 Å². The average Bonchev–Trinajstić information content (AvgIpc) is 2.94. The van der Waals surface area contributed by atoms with Crippen LogP contribution >= 0.6 is 0 Å². The van der Waals surface area contributed by atoms with E-state index in [0.29, 0.717) is 31.9 Å². The van der Waals surface area contributed by atoms with Crippen molar-refractivity contribution in [1.29, 1.82) is 0 Å². The second-order valence-electron chi connectivity index (χ2n) is 6.79. The SMILES string of the molecule is CCCc1cc(C(=O)N2CCN(C(=O)OC(C)(C)C)CC2)n[nH]1. The Hall–Kier alpha value is -2.05. The molecule has 0 radical (unpaired) electrons. The summed E-state index contributed by atoms with van der Waals surface area (Å²) in [5.74, 6) is -0.0903. The van der Waals surface area contributed by atoms with Crippen molar-refractivity contribution in [3.63, 3.8) is 0 Å². The molecular weight excluding hydrogens is 296 g/mol. The fraction of sp³-hybridized carbons (Fsp3) is 0.688. The van der Waals surface area contributed by atoms with Crippen molar-refractivity contribution < 1.29 is 14.3 Å². The third-order valence-electron chi connectivity index (χ3n) is 3.59.